The fraction of sp³-hybridized carbons (Fsp3) is 0.303. The Hall–Kier alpha value is -4.90. The van der Waals surface area contributed by atoms with E-state index >= 15 is 0 Å². The summed E-state index contributed by atoms with van der Waals surface area (Å²) in [5, 5.41) is 18.3. The lowest BCUT2D eigenvalue weighted by Crippen LogP contribution is -2.37. The Balaban J connectivity index is 1.75. The number of rotatable bonds is 6. The van der Waals surface area contributed by atoms with E-state index in [4.69, 9.17) is 16.3 Å². The number of carboxylic acid groups (broad SMARTS) is 1. The first-order valence-corrected chi connectivity index (χ1v) is 14.6. The number of nitrogens with zero attached hydrogens (tertiary/aromatic N) is 2. The van der Waals surface area contributed by atoms with E-state index in [2.05, 4.69) is 20.9 Å². The number of carbonyl (C=O) groups is 3. The molecule has 0 radical (unpaired) electrons. The van der Waals surface area contributed by atoms with E-state index in [0.717, 1.165) is 0 Å². The molecule has 0 aliphatic rings. The predicted octanol–water partition coefficient (Wildman–Crippen LogP) is 7.26. The van der Waals surface area contributed by atoms with Crippen LogP contribution in [0.1, 0.15) is 76.3 Å². The van der Waals surface area contributed by atoms with Crippen LogP contribution < -0.4 is 21.5 Å². The molecule has 0 spiro atoms. The van der Waals surface area contributed by atoms with Gasteiger partial charge < -0.3 is 25.8 Å². The Bertz CT molecular complexity index is 1860. The van der Waals surface area contributed by atoms with Crippen molar-refractivity contribution in [3.63, 3.8) is 0 Å². The van der Waals surface area contributed by atoms with Crippen molar-refractivity contribution in [2.24, 2.45) is 0 Å². The number of aromatic carboxylic acids is 1. The van der Waals surface area contributed by atoms with Crippen molar-refractivity contribution in [1.82, 2.24) is 14.9 Å². The highest BCUT2D eigenvalue weighted by Gasteiger charge is 2.25. The molecule has 45 heavy (non-hydrogen) atoms. The predicted molar refractivity (Wildman–Crippen MR) is 175 cm³/mol. The molecule has 0 saturated heterocycles. The minimum atomic E-state index is -1.18. The van der Waals surface area contributed by atoms with E-state index in [1.807, 2.05) is 20.8 Å². The van der Waals surface area contributed by atoms with Gasteiger partial charge in [-0.3, -0.25) is 9.36 Å². The second-order valence-electron chi connectivity index (χ2n) is 12.5. The molecule has 0 aliphatic carbocycles. The molecule has 0 aliphatic heterocycles. The number of nitrogens with one attached hydrogen (secondary N) is 3. The van der Waals surface area contributed by atoms with E-state index in [1.54, 1.807) is 82.3 Å². The molecule has 1 atom stereocenters. The summed E-state index contributed by atoms with van der Waals surface area (Å²) in [5.74, 6) is -0.977. The Morgan fingerprint density at radius 2 is 1.62 bits per heavy atom. The average Bonchev–Trinajstić information content (AvgIpc) is 2.91. The molecule has 12 heteroatoms. The third-order valence-electron chi connectivity index (χ3n) is 6.70. The van der Waals surface area contributed by atoms with E-state index in [9.17, 15) is 24.3 Å². The van der Waals surface area contributed by atoms with Gasteiger partial charge in [0.1, 0.15) is 11.4 Å². The highest BCUT2D eigenvalue weighted by molar-refractivity contribution is 6.35. The lowest BCUT2D eigenvalue weighted by atomic mass is 9.84. The second-order valence-corrected chi connectivity index (χ2v) is 12.9. The molecule has 1 unspecified atom stereocenters. The molecule has 11 nitrogen and oxygen atoms in total. The van der Waals surface area contributed by atoms with Crippen LogP contribution in [0.2, 0.25) is 5.02 Å². The summed E-state index contributed by atoms with van der Waals surface area (Å²) in [7, 11) is 0. The summed E-state index contributed by atoms with van der Waals surface area (Å²) in [6.07, 6.45) is -0.689. The topological polar surface area (TPSA) is 152 Å². The van der Waals surface area contributed by atoms with E-state index < -0.39 is 40.7 Å². The van der Waals surface area contributed by atoms with Gasteiger partial charge in [-0.25, -0.2) is 19.4 Å². The van der Waals surface area contributed by atoms with Crippen molar-refractivity contribution >= 4 is 52.0 Å². The fourth-order valence-electron chi connectivity index (χ4n) is 4.78. The Morgan fingerprint density at radius 1 is 0.956 bits per heavy atom. The fourth-order valence-corrected chi connectivity index (χ4v) is 5.03. The smallest absolute Gasteiger partial charge is 0.408 e. The number of hydrogen-bond acceptors (Lipinski definition) is 6. The molecule has 1 heterocycles. The highest BCUT2D eigenvalue weighted by atomic mass is 35.5. The molecule has 4 rings (SSSR count). The number of amides is 3. The van der Waals surface area contributed by atoms with Crippen LogP contribution in [0.15, 0.2) is 65.5 Å². The molecule has 3 aromatic carbocycles. The molecular formula is C33H36ClN5O6. The highest BCUT2D eigenvalue weighted by Crippen LogP contribution is 2.32. The van der Waals surface area contributed by atoms with Crippen molar-refractivity contribution in [2.45, 2.75) is 65.5 Å². The Labute approximate surface area is 265 Å². The molecule has 1 aromatic heterocycles. The maximum absolute atomic E-state index is 13.9. The molecule has 236 valence electrons. The number of carboxylic acids is 1. The number of ether oxygens (including phenoxy) is 1. The number of urea groups is 1. The molecule has 0 bridgehead atoms. The third-order valence-corrected chi connectivity index (χ3v) is 7.01. The van der Waals surface area contributed by atoms with Crippen LogP contribution in [0.4, 0.5) is 21.0 Å². The van der Waals surface area contributed by atoms with Crippen LogP contribution in [-0.4, -0.2) is 38.4 Å². The maximum Gasteiger partial charge on any atom is 0.408 e. The zero-order valence-electron chi connectivity index (χ0n) is 26.1. The second kappa shape index (κ2) is 12.6. The van der Waals surface area contributed by atoms with Crippen LogP contribution in [-0.2, 0) is 10.2 Å². The molecule has 4 aromatic rings. The maximum atomic E-state index is 13.9. The molecule has 0 saturated carbocycles. The molecule has 3 amide bonds. The average molecular weight is 634 g/mol. The quantitative estimate of drug-likeness (QED) is 0.174. The number of para-hydroxylation sites is 1. The number of fused-ring (bicyclic) bond motifs is 1. The first kappa shape index (κ1) is 33.0. The number of alkyl carbamates (subject to hydrolysis) is 1. The van der Waals surface area contributed by atoms with Gasteiger partial charge in [-0.05, 0) is 75.1 Å². The largest absolute Gasteiger partial charge is 0.478 e. The summed E-state index contributed by atoms with van der Waals surface area (Å²) in [6, 6.07) is 14.7. The Kier molecular flexibility index (Phi) is 9.25. The third kappa shape index (κ3) is 7.61. The van der Waals surface area contributed by atoms with E-state index in [-0.39, 0.29) is 27.5 Å². The first-order valence-electron chi connectivity index (χ1n) is 14.2. The summed E-state index contributed by atoms with van der Waals surface area (Å²) < 4.78 is 6.72. The monoisotopic (exact) mass is 633 g/mol. The zero-order chi connectivity index (χ0) is 33.3. The van der Waals surface area contributed by atoms with Crippen LogP contribution in [0.25, 0.3) is 16.6 Å². The number of halogens is 1. The van der Waals surface area contributed by atoms with Crippen molar-refractivity contribution in [3.05, 3.63) is 93.0 Å². The Morgan fingerprint density at radius 3 is 2.27 bits per heavy atom. The SMILES string of the molecule is CC(NC(=O)OC(C)(C)C)c1nc2cccc(Cl)c2c(=O)n1-c1cccc(NC(=O)Nc2c(C(=O)O)cccc2C(C)(C)C)c1. The standard InChI is InChI=1S/C33H36ClN5O6/c1-18(35-31(44)45-33(5,6)7)27-37-24-16-10-15-23(34)25(24)28(40)39(27)20-12-8-11-19(17-20)36-30(43)38-26-21(29(41)42)13-9-14-22(26)32(2,3)4/h8-18H,1-7H3,(H,35,44)(H,41,42)(H2,36,38,43). The lowest BCUT2D eigenvalue weighted by molar-refractivity contribution is 0.0504. The summed E-state index contributed by atoms with van der Waals surface area (Å²) in [6.45, 7) is 12.6. The summed E-state index contributed by atoms with van der Waals surface area (Å²) in [5.41, 5.74) is 0.0808. The molecule has 4 N–H and O–H groups in total. The molecule has 0 fully saturated rings. The van der Waals surface area contributed by atoms with Crippen molar-refractivity contribution in [3.8, 4) is 5.69 Å². The number of benzene rings is 3. The normalized spacial score (nSPS) is 12.4. The number of aromatic nitrogens is 2. The van der Waals surface area contributed by atoms with Gasteiger partial charge in [0, 0.05) is 5.69 Å². The zero-order valence-corrected chi connectivity index (χ0v) is 26.9. The number of anilines is 2. The number of carbonyl (C=O) groups excluding carboxylic acids is 2. The van der Waals surface area contributed by atoms with Gasteiger partial charge in [-0.15, -0.1) is 0 Å². The van der Waals surface area contributed by atoms with Gasteiger partial charge in [0.05, 0.1) is 38.9 Å². The minimum absolute atomic E-state index is 0.0480. The van der Waals surface area contributed by atoms with Gasteiger partial charge in [0.25, 0.3) is 5.56 Å². The van der Waals surface area contributed by atoms with E-state index in [0.29, 0.717) is 22.5 Å². The van der Waals surface area contributed by atoms with Gasteiger partial charge in [-0.1, -0.05) is 56.6 Å². The van der Waals surface area contributed by atoms with Crippen molar-refractivity contribution in [1.29, 1.82) is 0 Å². The summed E-state index contributed by atoms with van der Waals surface area (Å²) >= 11 is 6.42. The van der Waals surface area contributed by atoms with Crippen molar-refractivity contribution < 1.29 is 24.2 Å². The van der Waals surface area contributed by atoms with Crippen LogP contribution in [0.3, 0.4) is 0 Å². The van der Waals surface area contributed by atoms with Gasteiger partial charge in [-0.2, -0.15) is 0 Å². The minimum Gasteiger partial charge on any atom is -0.478 e. The van der Waals surface area contributed by atoms with Gasteiger partial charge >= 0.3 is 18.1 Å². The summed E-state index contributed by atoms with van der Waals surface area (Å²) in [4.78, 5) is 56.4. The molecular weight excluding hydrogens is 598 g/mol. The van der Waals surface area contributed by atoms with Gasteiger partial charge in [0.2, 0.25) is 0 Å². The van der Waals surface area contributed by atoms with Gasteiger partial charge in [0.15, 0.2) is 0 Å². The van der Waals surface area contributed by atoms with Crippen LogP contribution in [0.5, 0.6) is 0 Å². The first-order chi connectivity index (χ1) is 21.0. The van der Waals surface area contributed by atoms with Crippen LogP contribution in [0, 0.1) is 0 Å². The number of hydrogen-bond donors (Lipinski definition) is 4. The lowest BCUT2D eigenvalue weighted by Gasteiger charge is -2.24. The van der Waals surface area contributed by atoms with Crippen molar-refractivity contribution in [2.75, 3.05) is 10.6 Å². The van der Waals surface area contributed by atoms with E-state index in [1.165, 1.54) is 10.6 Å². The van der Waals surface area contributed by atoms with Crippen LogP contribution >= 0.6 is 11.6 Å².